The predicted octanol–water partition coefficient (Wildman–Crippen LogP) is 2.51. The highest BCUT2D eigenvalue weighted by Crippen LogP contribution is 2.21. The first kappa shape index (κ1) is 25.1. The molecule has 3 amide bonds. The van der Waals surface area contributed by atoms with Crippen LogP contribution < -0.4 is 10.6 Å². The molecule has 2 heterocycles. The minimum atomic E-state index is -0.621. The van der Waals surface area contributed by atoms with E-state index in [-0.39, 0.29) is 48.3 Å². The van der Waals surface area contributed by atoms with Gasteiger partial charge >= 0.3 is 0 Å². The summed E-state index contributed by atoms with van der Waals surface area (Å²) in [5.74, 6) is -1.46. The molecule has 1 fully saturated rings. The van der Waals surface area contributed by atoms with Crippen molar-refractivity contribution in [3.05, 3.63) is 50.6 Å². The van der Waals surface area contributed by atoms with Crippen LogP contribution in [0.15, 0.2) is 24.4 Å². The summed E-state index contributed by atoms with van der Waals surface area (Å²) in [5.41, 5.74) is 0.866. The lowest BCUT2D eigenvalue weighted by Crippen LogP contribution is -2.51. The zero-order valence-electron chi connectivity index (χ0n) is 18.4. The second-order valence-corrected chi connectivity index (χ2v) is 9.23. The number of alkyl halides is 1. The lowest BCUT2D eigenvalue weighted by atomic mass is 9.93. The number of nitrogens with one attached hydrogen (secondary N) is 2. The molecule has 1 saturated heterocycles. The maximum absolute atomic E-state index is 14.4. The van der Waals surface area contributed by atoms with Crippen LogP contribution in [0.5, 0.6) is 0 Å². The molecule has 1 aromatic carbocycles. The number of amides is 3. The zero-order chi connectivity index (χ0) is 24.1. The van der Waals surface area contributed by atoms with E-state index in [1.165, 1.54) is 29.9 Å². The van der Waals surface area contributed by atoms with Gasteiger partial charge in [-0.1, -0.05) is 13.0 Å². The highest BCUT2D eigenvalue weighted by molar-refractivity contribution is 14.1. The van der Waals surface area contributed by atoms with E-state index >= 15 is 0 Å². The van der Waals surface area contributed by atoms with E-state index in [4.69, 9.17) is 0 Å². The van der Waals surface area contributed by atoms with Crippen molar-refractivity contribution >= 4 is 40.3 Å². The Kier molecular flexibility index (Phi) is 8.38. The Hall–Kier alpha value is -2.57. The minimum Gasteiger partial charge on any atom is -0.352 e. The van der Waals surface area contributed by atoms with Crippen LogP contribution >= 0.6 is 22.6 Å². The molecule has 8 nitrogen and oxygen atoms in total. The number of halogens is 3. The van der Waals surface area contributed by atoms with Crippen LogP contribution in [-0.4, -0.2) is 58.2 Å². The fourth-order valence-corrected chi connectivity index (χ4v) is 4.49. The van der Waals surface area contributed by atoms with Gasteiger partial charge < -0.3 is 15.5 Å². The van der Waals surface area contributed by atoms with Crippen molar-refractivity contribution < 1.29 is 23.2 Å². The van der Waals surface area contributed by atoms with Crippen molar-refractivity contribution in [3.63, 3.8) is 0 Å². The number of aryl methyl sites for hydroxylation is 1. The van der Waals surface area contributed by atoms with Crippen molar-refractivity contribution in [2.45, 2.75) is 39.4 Å². The first-order valence-electron chi connectivity index (χ1n) is 10.6. The molecular weight excluding hydrogens is 547 g/mol. The number of hydrogen-bond donors (Lipinski definition) is 2. The molecule has 0 aliphatic carbocycles. The molecule has 1 aliphatic heterocycles. The van der Waals surface area contributed by atoms with Gasteiger partial charge in [0.25, 0.3) is 11.8 Å². The maximum atomic E-state index is 14.4. The standard InChI is InChI=1S/C22H26F2IN5O3/c1-13-12-29(22(33)15-3-4-16(17(24)9-15)10-26-14(2)31)7-5-19(13)28-21(32)20-18(25)11-27-30(20)8-6-23/h3-4,9,11,13,19H,5-8,10,12H2,1-2H3,(H,26,31)(H,28,32). The molecule has 1 aliphatic rings. The normalized spacial score (nSPS) is 18.2. The molecular formula is C22H26F2IN5O3. The second kappa shape index (κ2) is 11.0. The second-order valence-electron chi connectivity index (χ2n) is 8.07. The Morgan fingerprint density at radius 2 is 2.06 bits per heavy atom. The lowest BCUT2D eigenvalue weighted by molar-refractivity contribution is -0.119. The fraction of sp³-hybridized carbons (Fsp3) is 0.455. The summed E-state index contributed by atoms with van der Waals surface area (Å²) in [5, 5.41) is 9.57. The van der Waals surface area contributed by atoms with E-state index in [9.17, 15) is 23.2 Å². The van der Waals surface area contributed by atoms with E-state index in [0.717, 1.165) is 0 Å². The van der Waals surface area contributed by atoms with E-state index in [1.54, 1.807) is 11.0 Å². The molecule has 0 radical (unpaired) electrons. The molecule has 3 rings (SSSR count). The largest absolute Gasteiger partial charge is 0.352 e. The first-order chi connectivity index (χ1) is 15.7. The third-order valence-electron chi connectivity index (χ3n) is 5.64. The maximum Gasteiger partial charge on any atom is 0.270 e. The number of benzene rings is 1. The molecule has 2 N–H and O–H groups in total. The lowest BCUT2D eigenvalue weighted by Gasteiger charge is -2.37. The topological polar surface area (TPSA) is 96.3 Å². The van der Waals surface area contributed by atoms with Crippen LogP contribution in [0.1, 0.15) is 46.7 Å². The fourth-order valence-electron chi connectivity index (χ4n) is 3.85. The summed E-state index contributed by atoms with van der Waals surface area (Å²) in [6.45, 7) is 3.54. The number of carbonyl (C=O) groups excluding carboxylic acids is 3. The molecule has 11 heteroatoms. The van der Waals surface area contributed by atoms with Crippen LogP contribution in [0.4, 0.5) is 8.78 Å². The van der Waals surface area contributed by atoms with Gasteiger partial charge in [-0.2, -0.15) is 5.10 Å². The Morgan fingerprint density at radius 1 is 1.30 bits per heavy atom. The summed E-state index contributed by atoms with van der Waals surface area (Å²) < 4.78 is 29.1. The molecule has 2 atom stereocenters. The van der Waals surface area contributed by atoms with Crippen LogP contribution in [0.2, 0.25) is 0 Å². The van der Waals surface area contributed by atoms with Crippen molar-refractivity contribution in [1.29, 1.82) is 0 Å². The molecule has 178 valence electrons. The third-order valence-corrected chi connectivity index (χ3v) is 6.43. The average molecular weight is 573 g/mol. The monoisotopic (exact) mass is 573 g/mol. The predicted molar refractivity (Wildman–Crippen MR) is 126 cm³/mol. The summed E-state index contributed by atoms with van der Waals surface area (Å²) in [7, 11) is 0. The van der Waals surface area contributed by atoms with Crippen molar-refractivity contribution in [1.82, 2.24) is 25.3 Å². The quantitative estimate of drug-likeness (QED) is 0.498. The van der Waals surface area contributed by atoms with Gasteiger partial charge in [0, 0.05) is 43.7 Å². The van der Waals surface area contributed by atoms with Crippen LogP contribution in [0.25, 0.3) is 0 Å². The smallest absolute Gasteiger partial charge is 0.270 e. The number of rotatable bonds is 7. The van der Waals surface area contributed by atoms with Gasteiger partial charge in [0.15, 0.2) is 0 Å². The molecule has 0 spiro atoms. The van der Waals surface area contributed by atoms with Gasteiger partial charge in [0.1, 0.15) is 18.2 Å². The van der Waals surface area contributed by atoms with Crippen molar-refractivity contribution in [2.24, 2.45) is 5.92 Å². The molecule has 2 unspecified atom stereocenters. The van der Waals surface area contributed by atoms with Gasteiger partial charge in [0.05, 0.1) is 16.3 Å². The first-order valence-corrected chi connectivity index (χ1v) is 11.7. The molecule has 2 aromatic rings. The Balaban J connectivity index is 1.61. The van der Waals surface area contributed by atoms with E-state index in [2.05, 4.69) is 15.7 Å². The highest BCUT2D eigenvalue weighted by Gasteiger charge is 2.31. The van der Waals surface area contributed by atoms with E-state index in [1.807, 2.05) is 29.5 Å². The van der Waals surface area contributed by atoms with Crippen LogP contribution in [0, 0.1) is 15.3 Å². The molecule has 0 bridgehead atoms. The number of hydrogen-bond acceptors (Lipinski definition) is 4. The summed E-state index contributed by atoms with van der Waals surface area (Å²) >= 11 is 2.00. The van der Waals surface area contributed by atoms with Gasteiger partial charge in [-0.05, 0) is 47.1 Å². The summed E-state index contributed by atoms with van der Waals surface area (Å²) in [6.07, 6.45) is 2.06. The van der Waals surface area contributed by atoms with Crippen molar-refractivity contribution in [3.8, 4) is 0 Å². The van der Waals surface area contributed by atoms with Gasteiger partial charge in [0.2, 0.25) is 5.91 Å². The molecule has 33 heavy (non-hydrogen) atoms. The van der Waals surface area contributed by atoms with Crippen molar-refractivity contribution in [2.75, 3.05) is 19.8 Å². The Labute approximate surface area is 204 Å². The Bertz CT molecular complexity index is 1050. The number of likely N-dealkylation sites (tertiary alicyclic amines) is 1. The van der Waals surface area contributed by atoms with Gasteiger partial charge in [-0.3, -0.25) is 19.1 Å². The highest BCUT2D eigenvalue weighted by atomic mass is 127. The summed E-state index contributed by atoms with van der Waals surface area (Å²) in [6, 6.07) is 4.07. The minimum absolute atomic E-state index is 0.00835. The number of nitrogens with zero attached hydrogens (tertiary/aromatic N) is 3. The van der Waals surface area contributed by atoms with E-state index in [0.29, 0.717) is 34.3 Å². The van der Waals surface area contributed by atoms with Crippen LogP contribution in [0.3, 0.4) is 0 Å². The summed E-state index contributed by atoms with van der Waals surface area (Å²) in [4.78, 5) is 38.4. The average Bonchev–Trinajstić information content (AvgIpc) is 3.14. The Morgan fingerprint density at radius 3 is 2.70 bits per heavy atom. The SMILES string of the molecule is CC(=O)NCc1ccc(C(=O)N2CCC(NC(=O)c3c(I)cnn3CCF)C(C)C2)cc1F. The van der Waals surface area contributed by atoms with Gasteiger partial charge in [-0.25, -0.2) is 8.78 Å². The number of aromatic nitrogens is 2. The number of piperidine rings is 1. The van der Waals surface area contributed by atoms with Gasteiger partial charge in [-0.15, -0.1) is 0 Å². The third kappa shape index (κ3) is 6.06. The van der Waals surface area contributed by atoms with E-state index < -0.39 is 12.5 Å². The molecule has 1 aromatic heterocycles. The molecule has 0 saturated carbocycles. The van der Waals surface area contributed by atoms with Crippen LogP contribution in [-0.2, 0) is 17.9 Å². The zero-order valence-corrected chi connectivity index (χ0v) is 20.6. The number of carbonyl (C=O) groups is 3.